The zero-order valence-electron chi connectivity index (χ0n) is 21.0. The van der Waals surface area contributed by atoms with Crippen LogP contribution in [0.1, 0.15) is 34.0 Å². The first-order valence-corrected chi connectivity index (χ1v) is 13.2. The normalized spacial score (nSPS) is 10.9. The fraction of sp³-hybridized carbons (Fsp3) is 0.133. The van der Waals surface area contributed by atoms with E-state index < -0.39 is 5.91 Å². The maximum atomic E-state index is 12.8. The molecule has 0 fully saturated rings. The molecule has 4 aromatic rings. The second kappa shape index (κ2) is 13.9. The Labute approximate surface area is 242 Å². The first-order valence-electron chi connectivity index (χ1n) is 12.1. The largest absolute Gasteiger partial charge is 0.490 e. The van der Waals surface area contributed by atoms with Gasteiger partial charge in [0.1, 0.15) is 19.0 Å². The molecule has 0 saturated heterocycles. The Balaban J connectivity index is 1.39. The highest BCUT2D eigenvalue weighted by Crippen LogP contribution is 2.29. The molecule has 0 spiro atoms. The molecule has 0 aliphatic heterocycles. The molecule has 0 aliphatic carbocycles. The zero-order chi connectivity index (χ0) is 27.6. The van der Waals surface area contributed by atoms with E-state index in [1.807, 2.05) is 37.3 Å². The van der Waals surface area contributed by atoms with Crippen LogP contribution in [0.3, 0.4) is 0 Å². The van der Waals surface area contributed by atoms with Gasteiger partial charge in [0.2, 0.25) is 0 Å². The van der Waals surface area contributed by atoms with Crippen LogP contribution in [0, 0.1) is 0 Å². The summed E-state index contributed by atoms with van der Waals surface area (Å²) >= 11 is 18.1. The van der Waals surface area contributed by atoms with Gasteiger partial charge in [0.25, 0.3) is 5.91 Å². The van der Waals surface area contributed by atoms with Crippen LogP contribution in [0.5, 0.6) is 17.2 Å². The van der Waals surface area contributed by atoms with Crippen LogP contribution in [0.2, 0.25) is 15.1 Å². The van der Waals surface area contributed by atoms with E-state index in [1.165, 1.54) is 6.21 Å². The molecule has 6 nitrogen and oxygen atoms in total. The van der Waals surface area contributed by atoms with Gasteiger partial charge in [-0.25, -0.2) is 5.43 Å². The highest BCUT2D eigenvalue weighted by molar-refractivity contribution is 6.35. The van der Waals surface area contributed by atoms with Gasteiger partial charge in [-0.05, 0) is 72.6 Å². The van der Waals surface area contributed by atoms with Crippen molar-refractivity contribution in [1.82, 2.24) is 5.43 Å². The summed E-state index contributed by atoms with van der Waals surface area (Å²) in [5.41, 5.74) is 5.33. The number of nitrogens with one attached hydrogen (secondary N) is 1. The van der Waals surface area contributed by atoms with Crippen molar-refractivity contribution in [3.8, 4) is 17.2 Å². The van der Waals surface area contributed by atoms with E-state index in [-0.39, 0.29) is 6.61 Å². The molecule has 0 radical (unpaired) electrons. The molecule has 4 aromatic carbocycles. The summed E-state index contributed by atoms with van der Waals surface area (Å²) in [4.78, 5) is 12.8. The van der Waals surface area contributed by atoms with Crippen molar-refractivity contribution in [3.05, 3.63) is 122 Å². The molecule has 0 aromatic heterocycles. The summed E-state index contributed by atoms with van der Waals surface area (Å²) < 4.78 is 17.6. The van der Waals surface area contributed by atoms with E-state index in [2.05, 4.69) is 10.5 Å². The van der Waals surface area contributed by atoms with Crippen molar-refractivity contribution in [2.24, 2.45) is 5.10 Å². The Morgan fingerprint density at radius 2 is 1.54 bits per heavy atom. The van der Waals surface area contributed by atoms with Gasteiger partial charge in [0.15, 0.2) is 11.5 Å². The number of hydrogen-bond donors (Lipinski definition) is 1. The summed E-state index contributed by atoms with van der Waals surface area (Å²) in [5.74, 6) is 1.15. The lowest BCUT2D eigenvalue weighted by molar-refractivity contribution is 0.0950. The van der Waals surface area contributed by atoms with E-state index >= 15 is 0 Å². The van der Waals surface area contributed by atoms with Gasteiger partial charge in [-0.1, -0.05) is 65.1 Å². The highest BCUT2D eigenvalue weighted by atomic mass is 35.5. The van der Waals surface area contributed by atoms with E-state index in [0.29, 0.717) is 51.1 Å². The minimum atomic E-state index is -0.419. The van der Waals surface area contributed by atoms with Crippen LogP contribution in [0.15, 0.2) is 90.0 Å². The molecule has 1 amide bonds. The number of benzene rings is 4. The van der Waals surface area contributed by atoms with Crippen molar-refractivity contribution in [1.29, 1.82) is 0 Å². The molecule has 9 heteroatoms. The van der Waals surface area contributed by atoms with Crippen molar-refractivity contribution < 1.29 is 19.0 Å². The number of hydrogen-bond acceptors (Lipinski definition) is 5. The SMILES string of the molecule is CCOc1cc(/C=N/NC(=O)c2ccccc2OCc2ccc(Cl)cc2Cl)ccc1OCc1ccc(Cl)cc1. The second-order valence-corrected chi connectivity index (χ2v) is 9.55. The molecule has 0 atom stereocenters. The molecular formula is C30H25Cl3N2O4. The van der Waals surface area contributed by atoms with Gasteiger partial charge >= 0.3 is 0 Å². The number of amides is 1. The summed E-state index contributed by atoms with van der Waals surface area (Å²) in [6.07, 6.45) is 1.53. The van der Waals surface area contributed by atoms with Crippen molar-refractivity contribution >= 4 is 46.9 Å². The van der Waals surface area contributed by atoms with Crippen LogP contribution >= 0.6 is 34.8 Å². The monoisotopic (exact) mass is 582 g/mol. The van der Waals surface area contributed by atoms with Gasteiger partial charge in [-0.2, -0.15) is 5.10 Å². The lowest BCUT2D eigenvalue weighted by Crippen LogP contribution is -2.18. The summed E-state index contributed by atoms with van der Waals surface area (Å²) in [5, 5.41) is 5.80. The third kappa shape index (κ3) is 8.14. The van der Waals surface area contributed by atoms with Crippen LogP contribution in [0.4, 0.5) is 0 Å². The molecule has 0 bridgehead atoms. The Morgan fingerprint density at radius 1 is 0.795 bits per heavy atom. The fourth-order valence-electron chi connectivity index (χ4n) is 3.53. The van der Waals surface area contributed by atoms with E-state index in [1.54, 1.807) is 54.6 Å². The average molecular weight is 584 g/mol. The Morgan fingerprint density at radius 3 is 2.31 bits per heavy atom. The molecule has 39 heavy (non-hydrogen) atoms. The Hall–Kier alpha value is -3.71. The first-order chi connectivity index (χ1) is 18.9. The molecule has 0 unspecified atom stereocenters. The summed E-state index contributed by atoms with van der Waals surface area (Å²) in [7, 11) is 0. The second-order valence-electron chi connectivity index (χ2n) is 8.27. The number of carbonyl (C=O) groups excluding carboxylic acids is 1. The fourth-order valence-corrected chi connectivity index (χ4v) is 4.12. The third-order valence-corrected chi connectivity index (χ3v) is 6.32. The molecule has 0 saturated carbocycles. The third-order valence-electron chi connectivity index (χ3n) is 5.48. The number of nitrogens with zero attached hydrogens (tertiary/aromatic N) is 1. The number of hydrazone groups is 1. The number of ether oxygens (including phenoxy) is 3. The molecule has 1 N–H and O–H groups in total. The molecule has 0 aliphatic rings. The van der Waals surface area contributed by atoms with Gasteiger partial charge in [-0.15, -0.1) is 0 Å². The minimum absolute atomic E-state index is 0.177. The molecule has 200 valence electrons. The van der Waals surface area contributed by atoms with Gasteiger partial charge in [-0.3, -0.25) is 4.79 Å². The van der Waals surface area contributed by atoms with Gasteiger partial charge in [0, 0.05) is 20.6 Å². The lowest BCUT2D eigenvalue weighted by Gasteiger charge is -2.13. The van der Waals surface area contributed by atoms with Crippen molar-refractivity contribution in [3.63, 3.8) is 0 Å². The van der Waals surface area contributed by atoms with Crippen LogP contribution in [0.25, 0.3) is 0 Å². The maximum absolute atomic E-state index is 12.8. The summed E-state index contributed by atoms with van der Waals surface area (Å²) in [6, 6.07) is 24.9. The number of halogens is 3. The predicted octanol–water partition coefficient (Wildman–Crippen LogP) is 7.97. The predicted molar refractivity (Wildman–Crippen MR) is 156 cm³/mol. The Bertz CT molecular complexity index is 1460. The number of para-hydroxylation sites is 1. The maximum Gasteiger partial charge on any atom is 0.275 e. The van der Waals surface area contributed by atoms with Crippen molar-refractivity contribution in [2.45, 2.75) is 20.1 Å². The van der Waals surface area contributed by atoms with Gasteiger partial charge in [0.05, 0.1) is 18.4 Å². The van der Waals surface area contributed by atoms with Crippen molar-refractivity contribution in [2.75, 3.05) is 6.61 Å². The van der Waals surface area contributed by atoms with Gasteiger partial charge < -0.3 is 14.2 Å². The zero-order valence-corrected chi connectivity index (χ0v) is 23.3. The number of carbonyl (C=O) groups is 1. The van der Waals surface area contributed by atoms with Crippen LogP contribution in [-0.4, -0.2) is 18.7 Å². The Kier molecular flexibility index (Phi) is 10.1. The standard InChI is InChI=1S/C30H25Cl3N2O4/c1-2-37-29-15-21(9-14-28(29)38-18-20-7-11-23(31)12-8-20)17-34-35-30(36)25-5-3-4-6-27(25)39-19-22-10-13-24(32)16-26(22)33/h3-17H,2,18-19H2,1H3,(H,35,36)/b34-17+. The lowest BCUT2D eigenvalue weighted by atomic mass is 10.2. The average Bonchev–Trinajstić information content (AvgIpc) is 2.93. The number of rotatable bonds is 11. The minimum Gasteiger partial charge on any atom is -0.490 e. The van der Waals surface area contributed by atoms with E-state index in [0.717, 1.165) is 16.7 Å². The van der Waals surface area contributed by atoms with E-state index in [4.69, 9.17) is 49.0 Å². The topological polar surface area (TPSA) is 69.2 Å². The van der Waals surface area contributed by atoms with Crippen LogP contribution < -0.4 is 19.6 Å². The smallest absolute Gasteiger partial charge is 0.275 e. The molecular weight excluding hydrogens is 559 g/mol. The van der Waals surface area contributed by atoms with Crippen LogP contribution in [-0.2, 0) is 13.2 Å². The first kappa shape index (κ1) is 28.3. The molecule has 4 rings (SSSR count). The summed E-state index contributed by atoms with van der Waals surface area (Å²) in [6.45, 7) is 2.90. The highest BCUT2D eigenvalue weighted by Gasteiger charge is 2.13. The quantitative estimate of drug-likeness (QED) is 0.144. The molecule has 0 heterocycles. The van der Waals surface area contributed by atoms with E-state index in [9.17, 15) is 4.79 Å².